The van der Waals surface area contributed by atoms with E-state index in [0.717, 1.165) is 12.8 Å². The third kappa shape index (κ3) is 4.83. The Morgan fingerprint density at radius 2 is 1.08 bits per heavy atom. The second kappa shape index (κ2) is 13.0. The number of allylic oxidation sites excluding steroid dienone is 4. The highest BCUT2D eigenvalue weighted by molar-refractivity contribution is 6.14. The Hall–Kier alpha value is -7.54. The summed E-state index contributed by atoms with van der Waals surface area (Å²) in [7, 11) is 0. The molecule has 10 aromatic rings. The van der Waals surface area contributed by atoms with E-state index in [1.807, 2.05) is 0 Å². The molecule has 0 amide bonds. The molecule has 1 unspecified atom stereocenters. The highest BCUT2D eigenvalue weighted by Gasteiger charge is 2.55. The first-order valence-electron chi connectivity index (χ1n) is 22.9. The van der Waals surface area contributed by atoms with E-state index in [1.165, 1.54) is 131 Å². The van der Waals surface area contributed by atoms with E-state index in [1.54, 1.807) is 0 Å². The van der Waals surface area contributed by atoms with Crippen molar-refractivity contribution in [2.75, 3.05) is 0 Å². The molecule has 0 saturated heterocycles. The molecule has 0 heteroatoms. The number of rotatable bonds is 2. The van der Waals surface area contributed by atoms with Gasteiger partial charge in [0.25, 0.3) is 0 Å². The summed E-state index contributed by atoms with van der Waals surface area (Å²) in [5.41, 5.74) is 18.5. The standard InChI is InChI=1S/C64H44/c1-63(2)33-11-22-59-62(63)54-18-7-8-21-58(54)64(59)60-36-45(49-19-10-15-43-35-55-41(27-30-51(43)49)24-23-39-12-3-5-16-47(39)55)28-31-52(60)53-32-29-46(37-61(53)64)50-20-9-14-42-34-44-26-25-40-13-4-6-17-48(40)57(44)38-56(42)50/h3-26,28-32,34-38H,27,33H2,1-2H3. The molecule has 10 aromatic carbocycles. The summed E-state index contributed by atoms with van der Waals surface area (Å²) >= 11 is 0. The zero-order valence-electron chi connectivity index (χ0n) is 36.0. The maximum absolute atomic E-state index is 2.57. The van der Waals surface area contributed by atoms with E-state index in [2.05, 4.69) is 220 Å². The molecule has 0 heterocycles. The van der Waals surface area contributed by atoms with Crippen LogP contribution >= 0.6 is 0 Å². The summed E-state index contributed by atoms with van der Waals surface area (Å²) < 4.78 is 0. The van der Waals surface area contributed by atoms with Gasteiger partial charge >= 0.3 is 0 Å². The second-order valence-electron chi connectivity index (χ2n) is 19.2. The first kappa shape index (κ1) is 36.0. The molecule has 0 aliphatic heterocycles. The van der Waals surface area contributed by atoms with Gasteiger partial charge in [0.2, 0.25) is 0 Å². The lowest BCUT2D eigenvalue weighted by Crippen LogP contribution is -2.29. The molecular weight excluding hydrogens is 769 g/mol. The predicted molar refractivity (Wildman–Crippen MR) is 271 cm³/mol. The molecule has 1 atom stereocenters. The summed E-state index contributed by atoms with van der Waals surface area (Å²) in [6, 6.07) is 69.5. The van der Waals surface area contributed by atoms with Gasteiger partial charge in [0.1, 0.15) is 0 Å². The highest BCUT2D eigenvalue weighted by Crippen LogP contribution is 2.66. The molecule has 0 N–H and O–H groups in total. The fraction of sp³-hybridized carbons (Fsp3) is 0.0938. The molecule has 0 radical (unpaired) electrons. The van der Waals surface area contributed by atoms with Gasteiger partial charge in [-0.05, 0) is 180 Å². The molecular formula is C64H44. The SMILES string of the molecule is CC1(C)CC=CC2=C1c1ccccc1C21c2cc(-c3cccc4c3=CCc3ccc5ccccc5c3C=4)ccc2-c2ccc(-c3cccc4cc5ccc6ccccc6c5cc34)cc21. The molecule has 0 aromatic heterocycles. The highest BCUT2D eigenvalue weighted by atomic mass is 14.6. The van der Waals surface area contributed by atoms with E-state index in [-0.39, 0.29) is 5.41 Å². The maximum Gasteiger partial charge on any atom is 0.0722 e. The zero-order chi connectivity index (χ0) is 42.3. The van der Waals surface area contributed by atoms with E-state index in [4.69, 9.17) is 0 Å². The molecule has 300 valence electrons. The largest absolute Gasteiger partial charge is 0.0833 e. The third-order valence-corrected chi connectivity index (χ3v) is 15.4. The summed E-state index contributed by atoms with van der Waals surface area (Å²) in [5, 5.41) is 12.9. The predicted octanol–water partition coefficient (Wildman–Crippen LogP) is 14.9. The van der Waals surface area contributed by atoms with Crippen molar-refractivity contribution in [1.82, 2.24) is 0 Å². The Morgan fingerprint density at radius 3 is 1.92 bits per heavy atom. The van der Waals surface area contributed by atoms with Gasteiger partial charge in [-0.15, -0.1) is 0 Å². The summed E-state index contributed by atoms with van der Waals surface area (Å²) in [4.78, 5) is 0. The molecule has 4 aliphatic rings. The Morgan fingerprint density at radius 1 is 0.438 bits per heavy atom. The quantitative estimate of drug-likeness (QED) is 0.120. The maximum atomic E-state index is 2.57. The van der Waals surface area contributed by atoms with Crippen LogP contribution in [0.2, 0.25) is 0 Å². The van der Waals surface area contributed by atoms with Gasteiger partial charge in [0.15, 0.2) is 0 Å². The topological polar surface area (TPSA) is 0 Å². The lowest BCUT2D eigenvalue weighted by Gasteiger charge is -2.35. The van der Waals surface area contributed by atoms with Crippen LogP contribution in [0.4, 0.5) is 0 Å². The number of hydrogen-bond donors (Lipinski definition) is 0. The minimum atomic E-state index is -0.471. The molecule has 14 rings (SSSR count). The van der Waals surface area contributed by atoms with Gasteiger partial charge < -0.3 is 0 Å². The van der Waals surface area contributed by atoms with Gasteiger partial charge in [-0.3, -0.25) is 0 Å². The normalized spacial score (nSPS) is 17.4. The summed E-state index contributed by atoms with van der Waals surface area (Å²) in [6.45, 7) is 4.89. The smallest absolute Gasteiger partial charge is 0.0722 e. The Labute approximate surface area is 373 Å². The molecule has 4 aliphatic carbocycles. The van der Waals surface area contributed by atoms with E-state index >= 15 is 0 Å². The van der Waals surface area contributed by atoms with Gasteiger partial charge in [0, 0.05) is 0 Å². The monoisotopic (exact) mass is 812 g/mol. The molecule has 64 heavy (non-hydrogen) atoms. The lowest BCUT2D eigenvalue weighted by molar-refractivity contribution is 0.502. The van der Waals surface area contributed by atoms with Gasteiger partial charge in [-0.1, -0.05) is 190 Å². The van der Waals surface area contributed by atoms with Crippen LogP contribution < -0.4 is 10.4 Å². The molecule has 1 spiro atoms. The third-order valence-electron chi connectivity index (χ3n) is 15.4. The lowest BCUT2D eigenvalue weighted by atomic mass is 9.66. The Balaban J connectivity index is 1.02. The Bertz CT molecular complexity index is 3920. The zero-order valence-corrected chi connectivity index (χ0v) is 36.0. The van der Waals surface area contributed by atoms with Crippen LogP contribution in [0.5, 0.6) is 0 Å². The summed E-state index contributed by atoms with van der Waals surface area (Å²) in [6.07, 6.45) is 11.8. The fourth-order valence-electron chi connectivity index (χ4n) is 12.5. The molecule has 0 bridgehead atoms. The van der Waals surface area contributed by atoms with E-state index in [0.29, 0.717) is 0 Å². The van der Waals surface area contributed by atoms with Crippen LogP contribution in [-0.2, 0) is 11.8 Å². The molecule has 0 saturated carbocycles. The summed E-state index contributed by atoms with van der Waals surface area (Å²) in [5.74, 6) is 0. The van der Waals surface area contributed by atoms with Crippen molar-refractivity contribution in [3.8, 4) is 33.4 Å². The van der Waals surface area contributed by atoms with Crippen molar-refractivity contribution in [2.24, 2.45) is 5.41 Å². The van der Waals surface area contributed by atoms with E-state index < -0.39 is 5.41 Å². The average molecular weight is 813 g/mol. The van der Waals surface area contributed by atoms with Crippen molar-refractivity contribution >= 4 is 60.8 Å². The van der Waals surface area contributed by atoms with Crippen molar-refractivity contribution in [1.29, 1.82) is 0 Å². The van der Waals surface area contributed by atoms with Gasteiger partial charge in [-0.25, -0.2) is 0 Å². The van der Waals surface area contributed by atoms with Crippen LogP contribution in [0, 0.1) is 5.41 Å². The van der Waals surface area contributed by atoms with Crippen molar-refractivity contribution < 1.29 is 0 Å². The number of fused-ring (bicyclic) bond motifs is 17. The Kier molecular flexibility index (Phi) is 7.31. The average Bonchev–Trinajstić information content (AvgIpc) is 3.71. The molecule has 0 fully saturated rings. The fourth-order valence-corrected chi connectivity index (χ4v) is 12.5. The van der Waals surface area contributed by atoms with Crippen molar-refractivity contribution in [3.05, 3.63) is 244 Å². The van der Waals surface area contributed by atoms with Crippen LogP contribution in [0.3, 0.4) is 0 Å². The number of hydrogen-bond acceptors (Lipinski definition) is 0. The minimum Gasteiger partial charge on any atom is -0.0833 e. The van der Waals surface area contributed by atoms with Crippen LogP contribution in [0.1, 0.15) is 53.6 Å². The first-order chi connectivity index (χ1) is 31.5. The number of benzene rings is 10. The van der Waals surface area contributed by atoms with E-state index in [9.17, 15) is 0 Å². The van der Waals surface area contributed by atoms with Crippen LogP contribution in [-0.4, -0.2) is 0 Å². The van der Waals surface area contributed by atoms with Crippen LogP contribution in [0.25, 0.3) is 94.2 Å². The van der Waals surface area contributed by atoms with Crippen molar-refractivity contribution in [2.45, 2.75) is 32.1 Å². The van der Waals surface area contributed by atoms with Crippen molar-refractivity contribution in [3.63, 3.8) is 0 Å². The van der Waals surface area contributed by atoms with Gasteiger partial charge in [0.05, 0.1) is 5.41 Å². The molecule has 0 nitrogen and oxygen atoms in total. The van der Waals surface area contributed by atoms with Gasteiger partial charge in [-0.2, -0.15) is 0 Å². The second-order valence-corrected chi connectivity index (χ2v) is 19.2. The van der Waals surface area contributed by atoms with Crippen LogP contribution in [0.15, 0.2) is 200 Å². The minimum absolute atomic E-state index is 0.0119. The first-order valence-corrected chi connectivity index (χ1v) is 22.9.